The minimum Gasteiger partial charge on any atom is -0.380 e. The molecule has 3 nitrogen and oxygen atoms in total. The van der Waals surface area contributed by atoms with Gasteiger partial charge in [-0.25, -0.2) is 4.98 Å². The lowest BCUT2D eigenvalue weighted by molar-refractivity contribution is 0.101. The summed E-state index contributed by atoms with van der Waals surface area (Å²) in [6.07, 6.45) is 0.784. The summed E-state index contributed by atoms with van der Waals surface area (Å²) >= 11 is 1.73. The molecule has 0 aliphatic heterocycles. The van der Waals surface area contributed by atoms with Gasteiger partial charge in [0.05, 0.1) is 17.3 Å². The lowest BCUT2D eigenvalue weighted by Gasteiger charge is -2.22. The van der Waals surface area contributed by atoms with Crippen molar-refractivity contribution in [2.75, 3.05) is 13.2 Å². The predicted octanol–water partition coefficient (Wildman–Crippen LogP) is 2.06. The highest BCUT2D eigenvalue weighted by Gasteiger charge is 2.21. The van der Waals surface area contributed by atoms with Crippen LogP contribution in [0, 0.1) is 13.8 Å². The molecular formula is C11H20N2OS. The number of aryl methyl sites for hydroxylation is 2. The Kier molecular flexibility index (Phi) is 4.25. The third kappa shape index (κ3) is 3.89. The molecule has 2 N–H and O–H groups in total. The Morgan fingerprint density at radius 3 is 2.60 bits per heavy atom. The van der Waals surface area contributed by atoms with Gasteiger partial charge in [-0.05, 0) is 27.7 Å². The van der Waals surface area contributed by atoms with Gasteiger partial charge in [0.1, 0.15) is 0 Å². The number of rotatable bonds is 5. The zero-order valence-electron chi connectivity index (χ0n) is 9.96. The van der Waals surface area contributed by atoms with Gasteiger partial charge < -0.3 is 10.5 Å². The molecule has 15 heavy (non-hydrogen) atoms. The molecule has 0 fully saturated rings. The fourth-order valence-electron chi connectivity index (χ4n) is 1.35. The van der Waals surface area contributed by atoms with Crippen LogP contribution in [0.2, 0.25) is 0 Å². The summed E-state index contributed by atoms with van der Waals surface area (Å²) in [5.41, 5.74) is 6.94. The van der Waals surface area contributed by atoms with E-state index in [-0.39, 0.29) is 5.54 Å². The second-order valence-electron chi connectivity index (χ2n) is 4.22. The maximum absolute atomic E-state index is 6.14. The van der Waals surface area contributed by atoms with Crippen LogP contribution in [-0.2, 0) is 11.2 Å². The van der Waals surface area contributed by atoms with Gasteiger partial charge in [0.15, 0.2) is 0 Å². The Labute approximate surface area is 95.7 Å². The van der Waals surface area contributed by atoms with Crippen LogP contribution >= 0.6 is 11.3 Å². The number of ether oxygens (including phenoxy) is 1. The summed E-state index contributed by atoms with van der Waals surface area (Å²) in [5.74, 6) is 0. The van der Waals surface area contributed by atoms with Crippen molar-refractivity contribution in [2.45, 2.75) is 39.7 Å². The van der Waals surface area contributed by atoms with Crippen LogP contribution in [0.15, 0.2) is 0 Å². The van der Waals surface area contributed by atoms with Crippen LogP contribution in [0.25, 0.3) is 0 Å². The molecule has 1 rings (SSSR count). The van der Waals surface area contributed by atoms with Crippen molar-refractivity contribution in [3.63, 3.8) is 0 Å². The molecule has 4 heteroatoms. The molecule has 1 unspecified atom stereocenters. The Bertz CT molecular complexity index is 301. The standard InChI is InChI=1S/C11H20N2OS/c1-5-14-7-11(4,12)6-10-13-8(2)9(3)15-10/h5-7,12H2,1-4H3. The topological polar surface area (TPSA) is 48.1 Å². The van der Waals surface area contributed by atoms with Crippen molar-refractivity contribution < 1.29 is 4.74 Å². The zero-order valence-corrected chi connectivity index (χ0v) is 10.8. The van der Waals surface area contributed by atoms with Gasteiger partial charge in [-0.15, -0.1) is 11.3 Å². The monoisotopic (exact) mass is 228 g/mol. The predicted molar refractivity (Wildman–Crippen MR) is 64.4 cm³/mol. The summed E-state index contributed by atoms with van der Waals surface area (Å²) < 4.78 is 5.36. The van der Waals surface area contributed by atoms with Crippen LogP contribution in [0.3, 0.4) is 0 Å². The molecule has 0 saturated carbocycles. The number of aromatic nitrogens is 1. The van der Waals surface area contributed by atoms with Crippen LogP contribution in [0.4, 0.5) is 0 Å². The van der Waals surface area contributed by atoms with Crippen molar-refractivity contribution in [1.29, 1.82) is 0 Å². The highest BCUT2D eigenvalue weighted by molar-refractivity contribution is 7.11. The van der Waals surface area contributed by atoms with E-state index in [0.717, 1.165) is 17.1 Å². The lowest BCUT2D eigenvalue weighted by atomic mass is 10.0. The smallest absolute Gasteiger partial charge is 0.0949 e. The van der Waals surface area contributed by atoms with E-state index in [4.69, 9.17) is 10.5 Å². The number of nitrogens with zero attached hydrogens (tertiary/aromatic N) is 1. The van der Waals surface area contributed by atoms with E-state index in [1.165, 1.54) is 4.88 Å². The molecule has 0 aliphatic rings. The number of hydrogen-bond acceptors (Lipinski definition) is 4. The average Bonchev–Trinajstić information content (AvgIpc) is 2.41. The molecule has 1 aromatic rings. The third-order valence-electron chi connectivity index (χ3n) is 2.26. The van der Waals surface area contributed by atoms with Gasteiger partial charge in [-0.2, -0.15) is 0 Å². The molecule has 1 atom stereocenters. The first-order valence-corrected chi connectivity index (χ1v) is 6.06. The largest absolute Gasteiger partial charge is 0.380 e. The quantitative estimate of drug-likeness (QED) is 0.839. The number of hydrogen-bond donors (Lipinski definition) is 1. The van der Waals surface area contributed by atoms with Crippen LogP contribution in [-0.4, -0.2) is 23.7 Å². The van der Waals surface area contributed by atoms with Crippen molar-refractivity contribution in [1.82, 2.24) is 4.98 Å². The van der Waals surface area contributed by atoms with E-state index in [1.807, 2.05) is 20.8 Å². The maximum Gasteiger partial charge on any atom is 0.0949 e. The second-order valence-corrected chi connectivity index (χ2v) is 5.50. The summed E-state index contributed by atoms with van der Waals surface area (Å²) in [6, 6.07) is 0. The molecule has 86 valence electrons. The maximum atomic E-state index is 6.14. The summed E-state index contributed by atoms with van der Waals surface area (Å²) in [6.45, 7) is 9.41. The van der Waals surface area contributed by atoms with E-state index in [9.17, 15) is 0 Å². The first-order valence-electron chi connectivity index (χ1n) is 5.24. The minimum absolute atomic E-state index is 0.313. The highest BCUT2D eigenvalue weighted by Crippen LogP contribution is 2.20. The second kappa shape index (κ2) is 5.05. The Balaban J connectivity index is 2.60. The van der Waals surface area contributed by atoms with E-state index < -0.39 is 0 Å². The first-order chi connectivity index (χ1) is 6.94. The zero-order chi connectivity index (χ0) is 11.5. The lowest BCUT2D eigenvalue weighted by Crippen LogP contribution is -2.43. The van der Waals surface area contributed by atoms with E-state index in [0.29, 0.717) is 13.2 Å². The fraction of sp³-hybridized carbons (Fsp3) is 0.727. The van der Waals surface area contributed by atoms with Gasteiger partial charge in [-0.3, -0.25) is 0 Å². The van der Waals surface area contributed by atoms with Crippen LogP contribution < -0.4 is 5.73 Å². The number of nitrogens with two attached hydrogens (primary N) is 1. The molecular weight excluding hydrogens is 208 g/mol. The van der Waals surface area contributed by atoms with E-state index in [1.54, 1.807) is 11.3 Å². The van der Waals surface area contributed by atoms with Crippen LogP contribution in [0.1, 0.15) is 29.4 Å². The van der Waals surface area contributed by atoms with Gasteiger partial charge in [-0.1, -0.05) is 0 Å². The molecule has 1 aromatic heterocycles. The SMILES string of the molecule is CCOCC(C)(N)Cc1nc(C)c(C)s1. The Morgan fingerprint density at radius 2 is 2.13 bits per heavy atom. The molecule has 0 saturated heterocycles. The minimum atomic E-state index is -0.313. The molecule has 1 heterocycles. The summed E-state index contributed by atoms with van der Waals surface area (Å²) in [7, 11) is 0. The summed E-state index contributed by atoms with van der Waals surface area (Å²) in [4.78, 5) is 5.76. The van der Waals surface area contributed by atoms with Gasteiger partial charge in [0.2, 0.25) is 0 Å². The molecule has 0 aliphatic carbocycles. The van der Waals surface area contributed by atoms with E-state index in [2.05, 4.69) is 11.9 Å². The Hall–Kier alpha value is -0.450. The first kappa shape index (κ1) is 12.6. The normalized spacial score (nSPS) is 15.3. The van der Waals surface area contributed by atoms with Gasteiger partial charge >= 0.3 is 0 Å². The van der Waals surface area contributed by atoms with Crippen molar-refractivity contribution in [2.24, 2.45) is 5.73 Å². The molecule has 0 spiro atoms. The molecule has 0 amide bonds. The molecule has 0 aromatic carbocycles. The van der Waals surface area contributed by atoms with E-state index >= 15 is 0 Å². The van der Waals surface area contributed by atoms with Crippen molar-refractivity contribution in [3.05, 3.63) is 15.6 Å². The van der Waals surface area contributed by atoms with Crippen LogP contribution in [0.5, 0.6) is 0 Å². The number of thiazole rings is 1. The highest BCUT2D eigenvalue weighted by atomic mass is 32.1. The van der Waals surface area contributed by atoms with Crippen molar-refractivity contribution in [3.8, 4) is 0 Å². The Morgan fingerprint density at radius 1 is 1.47 bits per heavy atom. The fourth-order valence-corrected chi connectivity index (χ4v) is 2.48. The average molecular weight is 228 g/mol. The van der Waals surface area contributed by atoms with Crippen molar-refractivity contribution >= 4 is 11.3 Å². The van der Waals surface area contributed by atoms with Gasteiger partial charge in [0.25, 0.3) is 0 Å². The van der Waals surface area contributed by atoms with Gasteiger partial charge in [0, 0.05) is 23.4 Å². The summed E-state index contributed by atoms with van der Waals surface area (Å²) in [5, 5.41) is 1.11. The third-order valence-corrected chi connectivity index (χ3v) is 3.34. The molecule has 0 bridgehead atoms. The molecule has 0 radical (unpaired) electrons.